The van der Waals surface area contributed by atoms with Gasteiger partial charge in [0.2, 0.25) is 5.91 Å². The highest BCUT2D eigenvalue weighted by molar-refractivity contribution is 5.80. The SMILES string of the molecule is CCCCCCCCCCNC(=O)C1CCN(C(=O)OC(C)(C)C)C1. The van der Waals surface area contributed by atoms with Gasteiger partial charge in [-0.3, -0.25) is 4.79 Å². The van der Waals surface area contributed by atoms with Crippen LogP contribution in [-0.4, -0.2) is 42.1 Å². The summed E-state index contributed by atoms with van der Waals surface area (Å²) < 4.78 is 5.37. The van der Waals surface area contributed by atoms with Crippen LogP contribution in [-0.2, 0) is 9.53 Å². The smallest absolute Gasteiger partial charge is 0.410 e. The number of hydrogen-bond donors (Lipinski definition) is 1. The first-order valence-electron chi connectivity index (χ1n) is 10.1. The molecule has 1 saturated heterocycles. The van der Waals surface area contributed by atoms with E-state index in [4.69, 9.17) is 4.74 Å². The molecule has 1 N–H and O–H groups in total. The summed E-state index contributed by atoms with van der Waals surface area (Å²) >= 11 is 0. The minimum atomic E-state index is -0.492. The number of amides is 2. The number of carbonyl (C=O) groups excluding carboxylic acids is 2. The molecule has 0 aromatic heterocycles. The maximum absolute atomic E-state index is 12.2. The highest BCUT2D eigenvalue weighted by atomic mass is 16.6. The highest BCUT2D eigenvalue weighted by Crippen LogP contribution is 2.19. The van der Waals surface area contributed by atoms with Gasteiger partial charge < -0.3 is 15.0 Å². The normalized spacial score (nSPS) is 17.6. The topological polar surface area (TPSA) is 58.6 Å². The van der Waals surface area contributed by atoms with Crippen molar-refractivity contribution in [1.82, 2.24) is 10.2 Å². The number of ether oxygens (including phenoxy) is 1. The van der Waals surface area contributed by atoms with Crippen molar-refractivity contribution in [1.29, 1.82) is 0 Å². The molecule has 0 aliphatic carbocycles. The molecule has 1 unspecified atom stereocenters. The fourth-order valence-electron chi connectivity index (χ4n) is 3.08. The van der Waals surface area contributed by atoms with E-state index >= 15 is 0 Å². The number of unbranched alkanes of at least 4 members (excludes halogenated alkanes) is 7. The molecule has 5 nitrogen and oxygen atoms in total. The fourth-order valence-corrected chi connectivity index (χ4v) is 3.08. The molecule has 0 saturated carbocycles. The minimum absolute atomic E-state index is 0.0778. The van der Waals surface area contributed by atoms with Crippen LogP contribution in [0.25, 0.3) is 0 Å². The Labute approximate surface area is 153 Å². The minimum Gasteiger partial charge on any atom is -0.444 e. The summed E-state index contributed by atoms with van der Waals surface area (Å²) in [7, 11) is 0. The van der Waals surface area contributed by atoms with Crippen LogP contribution in [0.3, 0.4) is 0 Å². The second-order valence-electron chi connectivity index (χ2n) is 8.18. The molecule has 5 heteroatoms. The maximum Gasteiger partial charge on any atom is 0.410 e. The Balaban J connectivity index is 2.09. The average molecular weight is 355 g/mol. The molecule has 0 radical (unpaired) electrons. The molecule has 0 spiro atoms. The highest BCUT2D eigenvalue weighted by Gasteiger charge is 2.33. The lowest BCUT2D eigenvalue weighted by molar-refractivity contribution is -0.124. The molecule has 1 rings (SSSR count). The largest absolute Gasteiger partial charge is 0.444 e. The van der Waals surface area contributed by atoms with Crippen LogP contribution in [0.1, 0.15) is 85.5 Å². The van der Waals surface area contributed by atoms with Crippen LogP contribution in [0.2, 0.25) is 0 Å². The van der Waals surface area contributed by atoms with E-state index in [1.807, 2.05) is 20.8 Å². The van der Waals surface area contributed by atoms with Crippen molar-refractivity contribution in [3.05, 3.63) is 0 Å². The fraction of sp³-hybridized carbons (Fsp3) is 0.900. The van der Waals surface area contributed by atoms with E-state index in [1.165, 1.54) is 44.9 Å². The second-order valence-corrected chi connectivity index (χ2v) is 8.18. The maximum atomic E-state index is 12.2. The third kappa shape index (κ3) is 9.71. The molecule has 1 heterocycles. The first kappa shape index (κ1) is 21.8. The van der Waals surface area contributed by atoms with Gasteiger partial charge in [-0.1, -0.05) is 51.9 Å². The van der Waals surface area contributed by atoms with Crippen molar-refractivity contribution in [2.45, 2.75) is 91.1 Å². The Kier molecular flexibility index (Phi) is 9.91. The van der Waals surface area contributed by atoms with E-state index in [2.05, 4.69) is 12.2 Å². The lowest BCUT2D eigenvalue weighted by Crippen LogP contribution is -2.37. The van der Waals surface area contributed by atoms with E-state index < -0.39 is 5.60 Å². The van der Waals surface area contributed by atoms with Crippen LogP contribution in [0, 0.1) is 5.92 Å². The summed E-state index contributed by atoms with van der Waals surface area (Å²) in [5.41, 5.74) is -0.492. The molecule has 1 aliphatic heterocycles. The number of rotatable bonds is 10. The molecule has 0 bridgehead atoms. The predicted molar refractivity (Wildman–Crippen MR) is 102 cm³/mol. The lowest BCUT2D eigenvalue weighted by atomic mass is 10.1. The first-order valence-corrected chi connectivity index (χ1v) is 10.1. The number of carbonyl (C=O) groups is 2. The third-order valence-corrected chi connectivity index (χ3v) is 4.54. The van der Waals surface area contributed by atoms with Gasteiger partial charge in [0.15, 0.2) is 0 Å². The molecule has 1 fully saturated rings. The van der Waals surface area contributed by atoms with Crippen molar-refractivity contribution in [3.63, 3.8) is 0 Å². The Morgan fingerprint density at radius 1 is 1.04 bits per heavy atom. The van der Waals surface area contributed by atoms with Crippen LogP contribution in [0.5, 0.6) is 0 Å². The van der Waals surface area contributed by atoms with Crippen molar-refractivity contribution < 1.29 is 14.3 Å². The summed E-state index contributed by atoms with van der Waals surface area (Å²) in [6, 6.07) is 0. The zero-order chi connectivity index (χ0) is 18.7. The van der Waals surface area contributed by atoms with Gasteiger partial charge in [-0.05, 0) is 33.6 Å². The molecule has 1 atom stereocenters. The summed E-state index contributed by atoms with van der Waals surface area (Å²) in [6.45, 7) is 9.62. The van der Waals surface area contributed by atoms with Crippen molar-refractivity contribution in [2.75, 3.05) is 19.6 Å². The van der Waals surface area contributed by atoms with E-state index in [9.17, 15) is 9.59 Å². The summed E-state index contributed by atoms with van der Waals surface area (Å²) in [5.74, 6) is -0.0180. The van der Waals surface area contributed by atoms with Crippen molar-refractivity contribution in [2.24, 2.45) is 5.92 Å². The van der Waals surface area contributed by atoms with Gasteiger partial charge in [0.25, 0.3) is 0 Å². The lowest BCUT2D eigenvalue weighted by Gasteiger charge is -2.24. The average Bonchev–Trinajstić information content (AvgIpc) is 3.02. The summed E-state index contributed by atoms with van der Waals surface area (Å²) in [6.07, 6.45) is 10.5. The Bertz CT molecular complexity index is 404. The van der Waals surface area contributed by atoms with Crippen LogP contribution in [0.4, 0.5) is 4.79 Å². The van der Waals surface area contributed by atoms with Crippen molar-refractivity contribution in [3.8, 4) is 0 Å². The van der Waals surface area contributed by atoms with Gasteiger partial charge >= 0.3 is 6.09 Å². The van der Waals surface area contributed by atoms with Gasteiger partial charge in [-0.15, -0.1) is 0 Å². The molecule has 25 heavy (non-hydrogen) atoms. The predicted octanol–water partition coefficient (Wildman–Crippen LogP) is 4.50. The molecule has 0 aromatic rings. The first-order chi connectivity index (χ1) is 11.8. The third-order valence-electron chi connectivity index (χ3n) is 4.54. The number of hydrogen-bond acceptors (Lipinski definition) is 3. The number of nitrogens with zero attached hydrogens (tertiary/aromatic N) is 1. The number of likely N-dealkylation sites (tertiary alicyclic amines) is 1. The van der Waals surface area contributed by atoms with Crippen LogP contribution < -0.4 is 5.32 Å². The van der Waals surface area contributed by atoms with E-state index in [0.717, 1.165) is 19.4 Å². The summed E-state index contributed by atoms with van der Waals surface area (Å²) in [4.78, 5) is 25.9. The zero-order valence-corrected chi connectivity index (χ0v) is 16.7. The molecule has 2 amide bonds. The van der Waals surface area contributed by atoms with Crippen LogP contribution >= 0.6 is 0 Å². The van der Waals surface area contributed by atoms with E-state index in [0.29, 0.717) is 13.1 Å². The molecule has 1 aliphatic rings. The second kappa shape index (κ2) is 11.4. The van der Waals surface area contributed by atoms with Gasteiger partial charge in [0, 0.05) is 19.6 Å². The zero-order valence-electron chi connectivity index (χ0n) is 16.7. The van der Waals surface area contributed by atoms with Gasteiger partial charge in [-0.25, -0.2) is 4.79 Å². The monoisotopic (exact) mass is 354 g/mol. The Hall–Kier alpha value is -1.26. The summed E-state index contributed by atoms with van der Waals surface area (Å²) in [5, 5.41) is 3.03. The van der Waals surface area contributed by atoms with Gasteiger partial charge in [-0.2, -0.15) is 0 Å². The molecule has 0 aromatic carbocycles. The quantitative estimate of drug-likeness (QED) is 0.588. The van der Waals surface area contributed by atoms with Gasteiger partial charge in [0.1, 0.15) is 5.60 Å². The number of nitrogens with one attached hydrogen (secondary N) is 1. The Morgan fingerprint density at radius 2 is 1.64 bits per heavy atom. The molecule has 146 valence electrons. The molecular weight excluding hydrogens is 316 g/mol. The molecular formula is C20H38N2O3. The standard InChI is InChI=1S/C20H38N2O3/c1-5-6-7-8-9-10-11-12-14-21-18(23)17-13-15-22(16-17)19(24)25-20(2,3)4/h17H,5-16H2,1-4H3,(H,21,23). The van der Waals surface area contributed by atoms with Crippen molar-refractivity contribution >= 4 is 12.0 Å². The van der Waals surface area contributed by atoms with E-state index in [1.54, 1.807) is 4.90 Å². The Morgan fingerprint density at radius 3 is 2.24 bits per heavy atom. The van der Waals surface area contributed by atoms with Gasteiger partial charge in [0.05, 0.1) is 5.92 Å². The van der Waals surface area contributed by atoms with Crippen LogP contribution in [0.15, 0.2) is 0 Å². The van der Waals surface area contributed by atoms with E-state index in [-0.39, 0.29) is 17.9 Å².